The van der Waals surface area contributed by atoms with E-state index in [0.29, 0.717) is 31.7 Å². The highest BCUT2D eigenvalue weighted by Gasteiger charge is 2.42. The second kappa shape index (κ2) is 9.87. The highest BCUT2D eigenvalue weighted by atomic mass is 16.6. The predicted molar refractivity (Wildman–Crippen MR) is 99.1 cm³/mol. The SMILES string of the molecule is CC(=O)OCC1CCC(C2OC(COC(C)=O)CCC2C2CCCC2)CO1. The van der Waals surface area contributed by atoms with Gasteiger partial charge in [-0.3, -0.25) is 9.59 Å². The minimum atomic E-state index is -0.258. The lowest BCUT2D eigenvalue weighted by Crippen LogP contribution is -2.47. The van der Waals surface area contributed by atoms with Gasteiger partial charge in [0.2, 0.25) is 0 Å². The molecule has 154 valence electrons. The van der Waals surface area contributed by atoms with Gasteiger partial charge in [-0.05, 0) is 37.5 Å². The molecule has 27 heavy (non-hydrogen) atoms. The fourth-order valence-corrected chi connectivity index (χ4v) is 5.04. The Hall–Kier alpha value is -1.14. The Bertz CT molecular complexity index is 493. The predicted octanol–water partition coefficient (Wildman–Crippen LogP) is 3.26. The van der Waals surface area contributed by atoms with Crippen LogP contribution in [0.4, 0.5) is 0 Å². The van der Waals surface area contributed by atoms with Gasteiger partial charge in [-0.15, -0.1) is 0 Å². The van der Waals surface area contributed by atoms with Crippen molar-refractivity contribution >= 4 is 11.9 Å². The average Bonchev–Trinajstić information content (AvgIpc) is 3.19. The van der Waals surface area contributed by atoms with Crippen LogP contribution < -0.4 is 0 Å². The average molecular weight is 382 g/mol. The molecular weight excluding hydrogens is 348 g/mol. The van der Waals surface area contributed by atoms with Gasteiger partial charge in [0, 0.05) is 19.8 Å². The van der Waals surface area contributed by atoms with Crippen LogP contribution in [0.3, 0.4) is 0 Å². The van der Waals surface area contributed by atoms with Crippen LogP contribution >= 0.6 is 0 Å². The van der Waals surface area contributed by atoms with Crippen molar-refractivity contribution in [2.45, 2.75) is 83.5 Å². The van der Waals surface area contributed by atoms with Gasteiger partial charge in [0.15, 0.2) is 0 Å². The van der Waals surface area contributed by atoms with E-state index in [4.69, 9.17) is 18.9 Å². The van der Waals surface area contributed by atoms with Crippen LogP contribution in [-0.2, 0) is 28.5 Å². The van der Waals surface area contributed by atoms with E-state index in [-0.39, 0.29) is 30.3 Å². The van der Waals surface area contributed by atoms with Crippen molar-refractivity contribution in [3.05, 3.63) is 0 Å². The van der Waals surface area contributed by atoms with Crippen molar-refractivity contribution in [2.75, 3.05) is 19.8 Å². The molecule has 2 saturated heterocycles. The fourth-order valence-electron chi connectivity index (χ4n) is 5.04. The third-order valence-corrected chi connectivity index (χ3v) is 6.41. The number of hydrogen-bond acceptors (Lipinski definition) is 6. The number of esters is 2. The smallest absolute Gasteiger partial charge is 0.302 e. The summed E-state index contributed by atoms with van der Waals surface area (Å²) in [5.41, 5.74) is 0. The molecule has 0 aromatic rings. The summed E-state index contributed by atoms with van der Waals surface area (Å²) in [4.78, 5) is 22.2. The molecule has 6 heteroatoms. The molecule has 0 aromatic heterocycles. The Kier molecular flexibility index (Phi) is 7.53. The molecule has 1 saturated carbocycles. The van der Waals surface area contributed by atoms with Crippen LogP contribution in [0.15, 0.2) is 0 Å². The van der Waals surface area contributed by atoms with Gasteiger partial charge in [0.25, 0.3) is 0 Å². The van der Waals surface area contributed by atoms with E-state index >= 15 is 0 Å². The van der Waals surface area contributed by atoms with Crippen molar-refractivity contribution in [3.8, 4) is 0 Å². The lowest BCUT2D eigenvalue weighted by molar-refractivity contribution is -0.177. The largest absolute Gasteiger partial charge is 0.463 e. The summed E-state index contributed by atoms with van der Waals surface area (Å²) in [6.07, 6.45) is 9.48. The lowest BCUT2D eigenvalue weighted by Gasteiger charge is -2.44. The number of rotatable bonds is 6. The first-order valence-corrected chi connectivity index (χ1v) is 10.6. The molecule has 5 unspecified atom stereocenters. The molecule has 6 nitrogen and oxygen atoms in total. The quantitative estimate of drug-likeness (QED) is 0.657. The van der Waals surface area contributed by atoms with Gasteiger partial charge < -0.3 is 18.9 Å². The highest BCUT2D eigenvalue weighted by molar-refractivity contribution is 5.66. The Balaban J connectivity index is 1.57. The monoisotopic (exact) mass is 382 g/mol. The molecule has 3 rings (SSSR count). The van der Waals surface area contributed by atoms with Crippen molar-refractivity contribution in [1.82, 2.24) is 0 Å². The van der Waals surface area contributed by atoms with Crippen molar-refractivity contribution < 1.29 is 28.5 Å². The molecule has 3 aliphatic rings. The van der Waals surface area contributed by atoms with E-state index in [1.807, 2.05) is 0 Å². The van der Waals surface area contributed by atoms with Crippen molar-refractivity contribution in [1.29, 1.82) is 0 Å². The lowest BCUT2D eigenvalue weighted by atomic mass is 9.74. The molecule has 0 aromatic carbocycles. The molecule has 2 heterocycles. The summed E-state index contributed by atoms with van der Waals surface area (Å²) in [6, 6.07) is 0. The van der Waals surface area contributed by atoms with Gasteiger partial charge in [-0.1, -0.05) is 25.7 Å². The summed E-state index contributed by atoms with van der Waals surface area (Å²) >= 11 is 0. The Labute approximate surface area is 162 Å². The van der Waals surface area contributed by atoms with Crippen LogP contribution in [0.5, 0.6) is 0 Å². The maximum absolute atomic E-state index is 11.2. The van der Waals surface area contributed by atoms with Gasteiger partial charge >= 0.3 is 11.9 Å². The maximum Gasteiger partial charge on any atom is 0.302 e. The molecule has 0 amide bonds. The van der Waals surface area contributed by atoms with E-state index in [0.717, 1.165) is 31.6 Å². The third-order valence-electron chi connectivity index (χ3n) is 6.41. The first kappa shape index (κ1) is 20.6. The Morgan fingerprint density at radius 3 is 2.04 bits per heavy atom. The zero-order chi connectivity index (χ0) is 19.2. The standard InChI is InChI=1S/C21H34O6/c1-14(22)24-12-18-8-7-17(11-26-18)21-20(16-5-3-4-6-16)10-9-19(27-21)13-25-15(2)23/h16-21H,3-13H2,1-2H3. The van der Waals surface area contributed by atoms with E-state index in [1.54, 1.807) is 0 Å². The van der Waals surface area contributed by atoms with Gasteiger partial charge in [0.05, 0.1) is 24.9 Å². The van der Waals surface area contributed by atoms with Crippen molar-refractivity contribution in [2.24, 2.45) is 17.8 Å². The van der Waals surface area contributed by atoms with E-state index in [1.165, 1.54) is 39.5 Å². The second-order valence-electron chi connectivity index (χ2n) is 8.41. The first-order chi connectivity index (χ1) is 13.0. The van der Waals surface area contributed by atoms with E-state index in [2.05, 4.69) is 0 Å². The zero-order valence-corrected chi connectivity index (χ0v) is 16.7. The number of carbonyl (C=O) groups excluding carboxylic acids is 2. The van der Waals surface area contributed by atoms with Crippen LogP contribution in [-0.4, -0.2) is 50.1 Å². The first-order valence-electron chi connectivity index (χ1n) is 10.6. The van der Waals surface area contributed by atoms with Crippen LogP contribution in [0.2, 0.25) is 0 Å². The summed E-state index contributed by atoms with van der Waals surface area (Å²) in [7, 11) is 0. The zero-order valence-electron chi connectivity index (χ0n) is 16.7. The molecular formula is C21H34O6. The molecule has 2 aliphatic heterocycles. The van der Waals surface area contributed by atoms with Gasteiger partial charge in [-0.2, -0.15) is 0 Å². The number of ether oxygens (including phenoxy) is 4. The van der Waals surface area contributed by atoms with Crippen LogP contribution in [0.25, 0.3) is 0 Å². The minimum Gasteiger partial charge on any atom is -0.463 e. The van der Waals surface area contributed by atoms with Crippen LogP contribution in [0, 0.1) is 17.8 Å². The van der Waals surface area contributed by atoms with Gasteiger partial charge in [0.1, 0.15) is 13.2 Å². The van der Waals surface area contributed by atoms with Gasteiger partial charge in [-0.25, -0.2) is 0 Å². The molecule has 1 aliphatic carbocycles. The van der Waals surface area contributed by atoms with Crippen molar-refractivity contribution in [3.63, 3.8) is 0 Å². The molecule has 0 spiro atoms. The summed E-state index contributed by atoms with van der Waals surface area (Å²) in [6.45, 7) is 4.22. The number of carbonyl (C=O) groups is 2. The van der Waals surface area contributed by atoms with E-state index < -0.39 is 0 Å². The summed E-state index contributed by atoms with van der Waals surface area (Å²) in [5.74, 6) is 1.20. The summed E-state index contributed by atoms with van der Waals surface area (Å²) in [5, 5.41) is 0. The minimum absolute atomic E-state index is 0.00415. The van der Waals surface area contributed by atoms with E-state index in [9.17, 15) is 9.59 Å². The fraction of sp³-hybridized carbons (Fsp3) is 0.905. The Morgan fingerprint density at radius 1 is 0.815 bits per heavy atom. The third kappa shape index (κ3) is 5.92. The second-order valence-corrected chi connectivity index (χ2v) is 8.41. The van der Waals surface area contributed by atoms with Crippen LogP contribution in [0.1, 0.15) is 65.2 Å². The molecule has 3 fully saturated rings. The molecule has 0 N–H and O–H groups in total. The Morgan fingerprint density at radius 2 is 1.44 bits per heavy atom. The maximum atomic E-state index is 11.2. The molecule has 0 radical (unpaired) electrons. The summed E-state index contributed by atoms with van der Waals surface area (Å²) < 4.78 is 22.8. The number of hydrogen-bond donors (Lipinski definition) is 0. The highest BCUT2D eigenvalue weighted by Crippen LogP contribution is 2.43. The normalized spacial score (nSPS) is 35.0. The molecule has 0 bridgehead atoms. The molecule has 5 atom stereocenters. The topological polar surface area (TPSA) is 71.1 Å².